The Morgan fingerprint density at radius 2 is 1.59 bits per heavy atom. The van der Waals surface area contributed by atoms with Gasteiger partial charge in [-0.1, -0.05) is 12.1 Å². The maximum atomic E-state index is 13.8. The van der Waals surface area contributed by atoms with E-state index in [9.17, 15) is 22.4 Å². The summed E-state index contributed by atoms with van der Waals surface area (Å²) in [6.45, 7) is 3.08. The van der Waals surface area contributed by atoms with Crippen molar-refractivity contribution in [1.82, 2.24) is 10.2 Å². The number of hydrogen-bond donors (Lipinski definition) is 1. The van der Waals surface area contributed by atoms with Crippen LogP contribution in [0.4, 0.5) is 10.1 Å². The lowest BCUT2D eigenvalue weighted by Crippen LogP contribution is -2.51. The first-order chi connectivity index (χ1) is 18.6. The van der Waals surface area contributed by atoms with E-state index in [2.05, 4.69) is 5.32 Å². The molecule has 1 N–H and O–H groups in total. The van der Waals surface area contributed by atoms with E-state index in [-0.39, 0.29) is 23.0 Å². The van der Waals surface area contributed by atoms with Crippen LogP contribution >= 0.6 is 0 Å². The summed E-state index contributed by atoms with van der Waals surface area (Å²) >= 11 is 0. The molecule has 2 amide bonds. The molecule has 0 heterocycles. The zero-order valence-electron chi connectivity index (χ0n) is 22.3. The number of likely N-dealkylation sites (N-methyl/N-ethyl adjacent to an activating group) is 1. The fourth-order valence-corrected chi connectivity index (χ4v) is 5.30. The lowest BCUT2D eigenvalue weighted by Gasteiger charge is -2.32. The Morgan fingerprint density at radius 3 is 2.18 bits per heavy atom. The lowest BCUT2D eigenvalue weighted by atomic mass is 10.1. The lowest BCUT2D eigenvalue weighted by molar-refractivity contribution is -0.139. The Kier molecular flexibility index (Phi) is 9.89. The molecule has 3 aromatic rings. The fraction of sp³-hybridized carbons (Fsp3) is 0.286. The minimum absolute atomic E-state index is 0.0220. The summed E-state index contributed by atoms with van der Waals surface area (Å²) in [4.78, 5) is 27.8. The van der Waals surface area contributed by atoms with Crippen molar-refractivity contribution in [3.63, 3.8) is 0 Å². The van der Waals surface area contributed by atoms with E-state index in [4.69, 9.17) is 9.47 Å². The molecule has 11 heteroatoms. The minimum Gasteiger partial charge on any atom is -0.497 e. The van der Waals surface area contributed by atoms with Gasteiger partial charge in [-0.2, -0.15) is 0 Å². The SMILES string of the molecule is CCNC(=O)C(C)N(Cc1cccc(OC)c1)C(=O)CN(c1ccc(F)cc1)S(=O)(=O)c1ccc(OC)cc1. The van der Waals surface area contributed by atoms with E-state index in [0.29, 0.717) is 23.6 Å². The molecule has 1 atom stereocenters. The number of halogens is 1. The van der Waals surface area contributed by atoms with E-state index < -0.39 is 34.3 Å². The Labute approximate surface area is 228 Å². The van der Waals surface area contributed by atoms with Crippen molar-refractivity contribution in [2.24, 2.45) is 0 Å². The van der Waals surface area contributed by atoms with Crippen LogP contribution in [0.5, 0.6) is 11.5 Å². The summed E-state index contributed by atoms with van der Waals surface area (Å²) in [5, 5.41) is 2.70. The highest BCUT2D eigenvalue weighted by Gasteiger charge is 2.32. The summed E-state index contributed by atoms with van der Waals surface area (Å²) in [6.07, 6.45) is 0. The van der Waals surface area contributed by atoms with Crippen LogP contribution in [-0.2, 0) is 26.2 Å². The molecule has 208 valence electrons. The van der Waals surface area contributed by atoms with Crippen LogP contribution in [0.2, 0.25) is 0 Å². The normalized spacial score (nSPS) is 11.8. The van der Waals surface area contributed by atoms with Crippen molar-refractivity contribution < 1.29 is 31.9 Å². The van der Waals surface area contributed by atoms with Gasteiger partial charge in [0, 0.05) is 13.1 Å². The third-order valence-corrected chi connectivity index (χ3v) is 7.83. The number of nitrogens with one attached hydrogen (secondary N) is 1. The second kappa shape index (κ2) is 13.1. The Morgan fingerprint density at radius 1 is 0.949 bits per heavy atom. The average molecular weight is 558 g/mol. The number of anilines is 1. The zero-order valence-corrected chi connectivity index (χ0v) is 23.1. The summed E-state index contributed by atoms with van der Waals surface area (Å²) in [7, 11) is -1.30. The summed E-state index contributed by atoms with van der Waals surface area (Å²) < 4.78 is 52.5. The molecule has 0 aliphatic carbocycles. The highest BCUT2D eigenvalue weighted by Crippen LogP contribution is 2.26. The molecule has 3 rings (SSSR count). The third kappa shape index (κ3) is 7.26. The van der Waals surface area contributed by atoms with Gasteiger partial charge >= 0.3 is 0 Å². The van der Waals surface area contributed by atoms with E-state index in [1.54, 1.807) is 38.1 Å². The monoisotopic (exact) mass is 557 g/mol. The molecule has 0 saturated carbocycles. The molecule has 0 aromatic heterocycles. The standard InChI is InChI=1S/C28H32FN3O6S/c1-5-30-28(34)20(2)31(18-21-7-6-8-25(17-21)38-4)27(33)19-32(23-11-9-22(29)10-12-23)39(35,36)26-15-13-24(37-3)14-16-26/h6-17,20H,5,18-19H2,1-4H3,(H,30,34). The molecule has 0 saturated heterocycles. The first-order valence-corrected chi connectivity index (χ1v) is 13.7. The fourth-order valence-electron chi connectivity index (χ4n) is 3.88. The van der Waals surface area contributed by atoms with Gasteiger partial charge in [-0.15, -0.1) is 0 Å². The highest BCUT2D eigenvalue weighted by atomic mass is 32.2. The molecule has 0 aliphatic rings. The van der Waals surface area contributed by atoms with Crippen molar-refractivity contribution >= 4 is 27.5 Å². The molecule has 1 unspecified atom stereocenters. The second-order valence-corrected chi connectivity index (χ2v) is 10.5. The maximum Gasteiger partial charge on any atom is 0.264 e. The van der Waals surface area contributed by atoms with Crippen LogP contribution in [0.1, 0.15) is 19.4 Å². The van der Waals surface area contributed by atoms with Gasteiger partial charge in [-0.25, -0.2) is 12.8 Å². The Bertz CT molecular complexity index is 1380. The number of sulfonamides is 1. The van der Waals surface area contributed by atoms with Gasteiger partial charge in [0.15, 0.2) is 0 Å². The van der Waals surface area contributed by atoms with Gasteiger partial charge in [-0.05, 0) is 80.1 Å². The van der Waals surface area contributed by atoms with Gasteiger partial charge < -0.3 is 19.7 Å². The predicted molar refractivity (Wildman–Crippen MR) is 146 cm³/mol. The van der Waals surface area contributed by atoms with Crippen LogP contribution in [0, 0.1) is 5.82 Å². The number of nitrogens with zero attached hydrogens (tertiary/aromatic N) is 2. The number of rotatable bonds is 12. The predicted octanol–water partition coefficient (Wildman–Crippen LogP) is 3.59. The van der Waals surface area contributed by atoms with E-state index in [0.717, 1.165) is 16.4 Å². The number of amides is 2. The Hall–Kier alpha value is -4.12. The van der Waals surface area contributed by atoms with Crippen LogP contribution in [-0.4, -0.2) is 58.5 Å². The number of benzene rings is 3. The maximum absolute atomic E-state index is 13.8. The van der Waals surface area contributed by atoms with E-state index >= 15 is 0 Å². The number of hydrogen-bond acceptors (Lipinski definition) is 6. The van der Waals surface area contributed by atoms with Crippen LogP contribution in [0.25, 0.3) is 0 Å². The second-order valence-electron chi connectivity index (χ2n) is 8.61. The van der Waals surface area contributed by atoms with Gasteiger partial charge in [0.1, 0.15) is 29.9 Å². The van der Waals surface area contributed by atoms with Gasteiger partial charge in [0.25, 0.3) is 10.0 Å². The molecular weight excluding hydrogens is 525 g/mol. The largest absolute Gasteiger partial charge is 0.497 e. The van der Waals surface area contributed by atoms with Crippen LogP contribution < -0.4 is 19.1 Å². The smallest absolute Gasteiger partial charge is 0.264 e. The molecule has 0 fully saturated rings. The average Bonchev–Trinajstić information content (AvgIpc) is 2.94. The van der Waals surface area contributed by atoms with Crippen molar-refractivity contribution in [3.05, 3.63) is 84.2 Å². The number of methoxy groups -OCH3 is 2. The first-order valence-electron chi connectivity index (χ1n) is 12.2. The quantitative estimate of drug-likeness (QED) is 0.365. The molecular formula is C28H32FN3O6S. The number of ether oxygens (including phenoxy) is 2. The highest BCUT2D eigenvalue weighted by molar-refractivity contribution is 7.92. The number of carbonyl (C=O) groups is 2. The van der Waals surface area contributed by atoms with E-state index in [1.807, 2.05) is 0 Å². The first kappa shape index (κ1) is 29.4. The minimum atomic E-state index is -4.27. The molecule has 9 nitrogen and oxygen atoms in total. The van der Waals surface area contributed by atoms with Crippen molar-refractivity contribution in [1.29, 1.82) is 0 Å². The van der Waals surface area contributed by atoms with E-state index in [1.165, 1.54) is 55.5 Å². The van der Waals surface area contributed by atoms with Gasteiger partial charge in [0.05, 0.1) is 24.8 Å². The molecule has 0 spiro atoms. The van der Waals surface area contributed by atoms with Crippen LogP contribution in [0.15, 0.2) is 77.7 Å². The summed E-state index contributed by atoms with van der Waals surface area (Å²) in [6, 6.07) is 16.6. The molecule has 39 heavy (non-hydrogen) atoms. The number of carbonyl (C=O) groups excluding carboxylic acids is 2. The zero-order chi connectivity index (χ0) is 28.6. The van der Waals surface area contributed by atoms with Gasteiger partial charge in [-0.3, -0.25) is 13.9 Å². The molecule has 0 bridgehead atoms. The Balaban J connectivity index is 2.02. The van der Waals surface area contributed by atoms with Gasteiger partial charge in [0.2, 0.25) is 11.8 Å². The molecule has 3 aromatic carbocycles. The molecule has 0 radical (unpaired) electrons. The third-order valence-electron chi connectivity index (χ3n) is 6.05. The van der Waals surface area contributed by atoms with Crippen molar-refractivity contribution in [2.45, 2.75) is 31.3 Å². The topological polar surface area (TPSA) is 105 Å². The van der Waals surface area contributed by atoms with Crippen molar-refractivity contribution in [3.8, 4) is 11.5 Å². The summed E-state index contributed by atoms with van der Waals surface area (Å²) in [5.41, 5.74) is 0.776. The van der Waals surface area contributed by atoms with Crippen molar-refractivity contribution in [2.75, 3.05) is 31.6 Å². The van der Waals surface area contributed by atoms with Crippen LogP contribution in [0.3, 0.4) is 0 Å². The summed E-state index contributed by atoms with van der Waals surface area (Å²) in [5.74, 6) is -0.548. The molecule has 0 aliphatic heterocycles.